The number of esters is 1. The maximum atomic E-state index is 11.2. The van der Waals surface area contributed by atoms with E-state index in [0.29, 0.717) is 12.3 Å². The number of hydrogen-bond donors (Lipinski definition) is 1. The fraction of sp³-hybridized carbons (Fsp3) is 0.875. The van der Waals surface area contributed by atoms with Crippen LogP contribution in [0, 0.1) is 5.92 Å². The van der Waals surface area contributed by atoms with Crippen molar-refractivity contribution in [2.24, 2.45) is 5.92 Å². The van der Waals surface area contributed by atoms with Gasteiger partial charge in [-0.25, -0.2) is 0 Å². The van der Waals surface area contributed by atoms with Gasteiger partial charge >= 0.3 is 5.97 Å². The van der Waals surface area contributed by atoms with E-state index in [1.54, 1.807) is 0 Å². The summed E-state index contributed by atoms with van der Waals surface area (Å²) >= 11 is 0. The minimum atomic E-state index is -0.202. The first-order valence-corrected chi connectivity index (χ1v) is 7.91. The van der Waals surface area contributed by atoms with Gasteiger partial charge in [0.2, 0.25) is 5.91 Å². The Morgan fingerprint density at radius 2 is 1.75 bits per heavy atom. The van der Waals surface area contributed by atoms with Gasteiger partial charge in [0.1, 0.15) is 6.10 Å². The zero-order valence-electron chi connectivity index (χ0n) is 13.5. The second-order valence-corrected chi connectivity index (χ2v) is 5.59. The van der Waals surface area contributed by atoms with Gasteiger partial charge in [-0.05, 0) is 32.1 Å². The standard InChI is InChI=1S/C16H31NO3/c1-5-10-16(19)17-12-9-7-6-8-11-13(2)14(3)20-15(4)18/h13-14H,5-12H2,1-4H3,(H,17,19). The maximum Gasteiger partial charge on any atom is 0.302 e. The summed E-state index contributed by atoms with van der Waals surface area (Å²) in [6.45, 7) is 8.33. The third-order valence-corrected chi connectivity index (χ3v) is 3.54. The Morgan fingerprint density at radius 1 is 1.10 bits per heavy atom. The zero-order chi connectivity index (χ0) is 15.4. The van der Waals surface area contributed by atoms with Crippen LogP contribution < -0.4 is 5.32 Å². The molecule has 0 bridgehead atoms. The summed E-state index contributed by atoms with van der Waals surface area (Å²) in [6, 6.07) is 0. The molecule has 1 amide bonds. The molecule has 0 spiro atoms. The van der Waals surface area contributed by atoms with E-state index in [9.17, 15) is 9.59 Å². The minimum Gasteiger partial charge on any atom is -0.463 e. The van der Waals surface area contributed by atoms with E-state index >= 15 is 0 Å². The molecule has 0 radical (unpaired) electrons. The SMILES string of the molecule is CCCC(=O)NCCCCCCC(C)C(C)OC(C)=O. The molecule has 0 aromatic heterocycles. The molecule has 0 saturated heterocycles. The van der Waals surface area contributed by atoms with E-state index in [1.807, 2.05) is 13.8 Å². The minimum absolute atomic E-state index is 0.000770. The van der Waals surface area contributed by atoms with Crippen LogP contribution in [0.1, 0.15) is 72.6 Å². The smallest absolute Gasteiger partial charge is 0.302 e. The van der Waals surface area contributed by atoms with Crippen molar-refractivity contribution in [2.75, 3.05) is 6.54 Å². The highest BCUT2D eigenvalue weighted by Crippen LogP contribution is 2.16. The molecule has 2 unspecified atom stereocenters. The Morgan fingerprint density at radius 3 is 2.35 bits per heavy atom. The number of amides is 1. The van der Waals surface area contributed by atoms with Crippen LogP contribution in [0.3, 0.4) is 0 Å². The van der Waals surface area contributed by atoms with Crippen molar-refractivity contribution in [3.63, 3.8) is 0 Å². The molecule has 4 nitrogen and oxygen atoms in total. The molecule has 0 aliphatic heterocycles. The number of rotatable bonds is 11. The van der Waals surface area contributed by atoms with Crippen LogP contribution in [0.25, 0.3) is 0 Å². The highest BCUT2D eigenvalue weighted by atomic mass is 16.5. The summed E-state index contributed by atoms with van der Waals surface area (Å²) in [7, 11) is 0. The van der Waals surface area contributed by atoms with Crippen molar-refractivity contribution in [3.05, 3.63) is 0 Å². The van der Waals surface area contributed by atoms with Crippen molar-refractivity contribution < 1.29 is 14.3 Å². The van der Waals surface area contributed by atoms with Crippen LogP contribution in [-0.2, 0) is 14.3 Å². The molecule has 0 saturated carbocycles. The molecule has 2 atom stereocenters. The van der Waals surface area contributed by atoms with E-state index in [4.69, 9.17) is 4.74 Å². The Bertz CT molecular complexity index is 279. The van der Waals surface area contributed by atoms with Gasteiger partial charge in [-0.3, -0.25) is 9.59 Å². The molecule has 1 N–H and O–H groups in total. The second kappa shape index (κ2) is 11.7. The number of carbonyl (C=O) groups excluding carboxylic acids is 2. The van der Waals surface area contributed by atoms with Crippen LogP contribution in [0.15, 0.2) is 0 Å². The average Bonchev–Trinajstić information content (AvgIpc) is 2.36. The molecular formula is C16H31NO3. The van der Waals surface area contributed by atoms with Crippen LogP contribution in [0.4, 0.5) is 0 Å². The second-order valence-electron chi connectivity index (χ2n) is 5.59. The van der Waals surface area contributed by atoms with Crippen LogP contribution >= 0.6 is 0 Å². The third kappa shape index (κ3) is 10.8. The van der Waals surface area contributed by atoms with Crippen molar-refractivity contribution >= 4 is 11.9 Å². The first-order valence-electron chi connectivity index (χ1n) is 7.91. The average molecular weight is 285 g/mol. The van der Waals surface area contributed by atoms with Crippen molar-refractivity contribution in [1.29, 1.82) is 0 Å². The molecule has 0 fully saturated rings. The summed E-state index contributed by atoms with van der Waals surface area (Å²) in [6.07, 6.45) is 7.12. The molecule has 20 heavy (non-hydrogen) atoms. The summed E-state index contributed by atoms with van der Waals surface area (Å²) in [5.74, 6) is 0.367. The fourth-order valence-electron chi connectivity index (χ4n) is 2.10. The molecule has 0 aromatic rings. The van der Waals surface area contributed by atoms with E-state index in [1.165, 1.54) is 13.3 Å². The van der Waals surface area contributed by atoms with E-state index in [0.717, 1.165) is 38.6 Å². The quantitative estimate of drug-likeness (QED) is 0.467. The van der Waals surface area contributed by atoms with Gasteiger partial charge in [0, 0.05) is 19.9 Å². The molecule has 0 aromatic carbocycles. The summed E-state index contributed by atoms with van der Waals surface area (Å²) in [4.78, 5) is 22.1. The Balaban J connectivity index is 3.43. The highest BCUT2D eigenvalue weighted by Gasteiger charge is 2.14. The lowest BCUT2D eigenvalue weighted by molar-refractivity contribution is -0.147. The number of ether oxygens (including phenoxy) is 1. The zero-order valence-corrected chi connectivity index (χ0v) is 13.5. The van der Waals surface area contributed by atoms with E-state index < -0.39 is 0 Å². The lowest BCUT2D eigenvalue weighted by Gasteiger charge is -2.19. The summed E-state index contributed by atoms with van der Waals surface area (Å²) < 4.78 is 5.17. The monoisotopic (exact) mass is 285 g/mol. The Kier molecular flexibility index (Phi) is 11.1. The van der Waals surface area contributed by atoms with Crippen LogP contribution in [0.5, 0.6) is 0 Å². The first-order chi connectivity index (χ1) is 9.47. The highest BCUT2D eigenvalue weighted by molar-refractivity contribution is 5.75. The van der Waals surface area contributed by atoms with Gasteiger partial charge in [-0.2, -0.15) is 0 Å². The Hall–Kier alpha value is -1.06. The topological polar surface area (TPSA) is 55.4 Å². The molecule has 0 rings (SSSR count). The number of unbranched alkanes of at least 4 members (excludes halogenated alkanes) is 3. The molecule has 4 heteroatoms. The molecule has 118 valence electrons. The largest absolute Gasteiger partial charge is 0.463 e. The van der Waals surface area contributed by atoms with Crippen LogP contribution in [0.2, 0.25) is 0 Å². The van der Waals surface area contributed by atoms with Gasteiger partial charge < -0.3 is 10.1 Å². The number of nitrogens with one attached hydrogen (secondary N) is 1. The van der Waals surface area contributed by atoms with Gasteiger partial charge in [0.05, 0.1) is 0 Å². The predicted molar refractivity (Wildman–Crippen MR) is 81.4 cm³/mol. The van der Waals surface area contributed by atoms with Crippen LogP contribution in [-0.4, -0.2) is 24.5 Å². The van der Waals surface area contributed by atoms with Crippen molar-refractivity contribution in [3.8, 4) is 0 Å². The normalized spacial score (nSPS) is 13.6. The van der Waals surface area contributed by atoms with Gasteiger partial charge in [-0.1, -0.05) is 33.1 Å². The van der Waals surface area contributed by atoms with Gasteiger partial charge in [0.25, 0.3) is 0 Å². The number of carbonyl (C=O) groups is 2. The molecular weight excluding hydrogens is 254 g/mol. The van der Waals surface area contributed by atoms with Crippen molar-refractivity contribution in [1.82, 2.24) is 5.32 Å². The Labute approximate surface area is 123 Å². The maximum absolute atomic E-state index is 11.2. The lowest BCUT2D eigenvalue weighted by Crippen LogP contribution is -2.23. The van der Waals surface area contributed by atoms with Gasteiger partial charge in [-0.15, -0.1) is 0 Å². The molecule has 0 aliphatic rings. The van der Waals surface area contributed by atoms with Crippen molar-refractivity contribution in [2.45, 2.75) is 78.7 Å². The summed E-state index contributed by atoms with van der Waals surface area (Å²) in [5, 5.41) is 2.93. The predicted octanol–water partition coefficient (Wildman–Crippen LogP) is 3.44. The summed E-state index contributed by atoms with van der Waals surface area (Å²) in [5.41, 5.74) is 0. The third-order valence-electron chi connectivity index (χ3n) is 3.54. The molecule has 0 heterocycles. The lowest BCUT2D eigenvalue weighted by atomic mass is 9.98. The molecule has 0 aliphatic carbocycles. The number of hydrogen-bond acceptors (Lipinski definition) is 3. The van der Waals surface area contributed by atoms with Gasteiger partial charge in [0.15, 0.2) is 0 Å². The van der Waals surface area contributed by atoms with E-state index in [-0.39, 0.29) is 18.0 Å². The first kappa shape index (κ1) is 18.9. The fourth-order valence-corrected chi connectivity index (χ4v) is 2.10. The van der Waals surface area contributed by atoms with E-state index in [2.05, 4.69) is 12.2 Å².